The second kappa shape index (κ2) is 36.5. The highest BCUT2D eigenvalue weighted by molar-refractivity contribution is 5.70. The van der Waals surface area contributed by atoms with E-state index in [1.165, 1.54) is 103 Å². The number of carbonyl (C=O) groups is 2. The van der Waals surface area contributed by atoms with Crippen molar-refractivity contribution in [2.75, 3.05) is 19.8 Å². The molecule has 0 aliphatic carbocycles. The lowest BCUT2D eigenvalue weighted by atomic mass is 9.99. The van der Waals surface area contributed by atoms with Crippen molar-refractivity contribution in [2.24, 2.45) is 0 Å². The predicted molar refractivity (Wildman–Crippen MR) is 219 cm³/mol. The Hall–Kier alpha value is -1.82. The Bertz CT molecular complexity index is 954. The minimum Gasteiger partial charge on any atom is -0.462 e. The molecular formula is C45H82O10. The summed E-state index contributed by atoms with van der Waals surface area (Å²) in [5.41, 5.74) is 0. The van der Waals surface area contributed by atoms with Crippen molar-refractivity contribution in [3.05, 3.63) is 24.3 Å². The molecule has 0 aromatic carbocycles. The summed E-state index contributed by atoms with van der Waals surface area (Å²) in [6.45, 7) is 3.40. The Morgan fingerprint density at radius 2 is 1.00 bits per heavy atom. The number of aliphatic hydroxyl groups excluding tert-OH is 4. The molecule has 2 unspecified atom stereocenters. The molecule has 1 aliphatic heterocycles. The maximum Gasteiger partial charge on any atom is 0.306 e. The number of aliphatic hydroxyl groups is 4. The Morgan fingerprint density at radius 1 is 0.564 bits per heavy atom. The zero-order valence-corrected chi connectivity index (χ0v) is 34.9. The van der Waals surface area contributed by atoms with Gasteiger partial charge in [0.25, 0.3) is 0 Å². The van der Waals surface area contributed by atoms with Crippen LogP contribution < -0.4 is 0 Å². The van der Waals surface area contributed by atoms with Crippen LogP contribution >= 0.6 is 0 Å². The zero-order chi connectivity index (χ0) is 40.2. The van der Waals surface area contributed by atoms with Crippen molar-refractivity contribution in [3.63, 3.8) is 0 Å². The lowest BCUT2D eigenvalue weighted by Crippen LogP contribution is -2.59. The van der Waals surface area contributed by atoms with Crippen LogP contribution in [-0.2, 0) is 28.5 Å². The molecule has 4 N–H and O–H groups in total. The first-order valence-electron chi connectivity index (χ1n) is 22.4. The molecule has 6 atom stereocenters. The summed E-state index contributed by atoms with van der Waals surface area (Å²) in [7, 11) is 0. The van der Waals surface area contributed by atoms with Crippen LogP contribution in [0.2, 0.25) is 0 Å². The van der Waals surface area contributed by atoms with Gasteiger partial charge in [-0.05, 0) is 38.5 Å². The fourth-order valence-corrected chi connectivity index (χ4v) is 6.77. The first-order chi connectivity index (χ1) is 26.8. The molecule has 0 radical (unpaired) electrons. The van der Waals surface area contributed by atoms with Gasteiger partial charge in [-0.15, -0.1) is 0 Å². The van der Waals surface area contributed by atoms with Crippen LogP contribution in [0, 0.1) is 0 Å². The van der Waals surface area contributed by atoms with Crippen LogP contribution in [0.15, 0.2) is 24.3 Å². The monoisotopic (exact) mass is 783 g/mol. The van der Waals surface area contributed by atoms with Gasteiger partial charge in [0.05, 0.1) is 13.2 Å². The van der Waals surface area contributed by atoms with Gasteiger partial charge >= 0.3 is 11.9 Å². The topological polar surface area (TPSA) is 152 Å². The van der Waals surface area contributed by atoms with Gasteiger partial charge in [-0.3, -0.25) is 9.59 Å². The van der Waals surface area contributed by atoms with Gasteiger partial charge in [0, 0.05) is 12.8 Å². The molecule has 1 rings (SSSR count). The Kier molecular flexibility index (Phi) is 34.0. The molecule has 0 spiro atoms. The van der Waals surface area contributed by atoms with Crippen molar-refractivity contribution < 1.29 is 49.0 Å². The van der Waals surface area contributed by atoms with E-state index < -0.39 is 49.4 Å². The highest BCUT2D eigenvalue weighted by Gasteiger charge is 2.44. The molecule has 0 aromatic rings. The molecule has 1 fully saturated rings. The minimum absolute atomic E-state index is 0.215. The van der Waals surface area contributed by atoms with Crippen LogP contribution in [0.4, 0.5) is 0 Å². The Balaban J connectivity index is 2.34. The molecule has 1 aliphatic rings. The van der Waals surface area contributed by atoms with E-state index in [1.54, 1.807) is 0 Å². The summed E-state index contributed by atoms with van der Waals surface area (Å²) in [5, 5.41) is 40.0. The maximum atomic E-state index is 12.7. The summed E-state index contributed by atoms with van der Waals surface area (Å²) in [4.78, 5) is 25.3. The van der Waals surface area contributed by atoms with E-state index >= 15 is 0 Å². The van der Waals surface area contributed by atoms with Crippen LogP contribution in [0.25, 0.3) is 0 Å². The lowest BCUT2D eigenvalue weighted by Gasteiger charge is -2.39. The second-order valence-electron chi connectivity index (χ2n) is 15.5. The molecular weight excluding hydrogens is 700 g/mol. The van der Waals surface area contributed by atoms with Crippen molar-refractivity contribution >= 4 is 11.9 Å². The molecule has 0 bridgehead atoms. The number of rotatable bonds is 37. The number of unbranched alkanes of at least 4 members (excludes halogenated alkanes) is 23. The maximum absolute atomic E-state index is 12.7. The third kappa shape index (κ3) is 28.3. The van der Waals surface area contributed by atoms with E-state index in [0.717, 1.165) is 57.8 Å². The third-order valence-electron chi connectivity index (χ3n) is 10.4. The largest absolute Gasteiger partial charge is 0.462 e. The summed E-state index contributed by atoms with van der Waals surface area (Å²) < 4.78 is 22.1. The molecule has 1 heterocycles. The van der Waals surface area contributed by atoms with Crippen LogP contribution in [-0.4, -0.2) is 89.0 Å². The van der Waals surface area contributed by atoms with Gasteiger partial charge in [-0.25, -0.2) is 0 Å². The van der Waals surface area contributed by atoms with Crippen molar-refractivity contribution in [2.45, 2.75) is 230 Å². The van der Waals surface area contributed by atoms with Crippen molar-refractivity contribution in [1.82, 2.24) is 0 Å². The molecule has 0 amide bonds. The van der Waals surface area contributed by atoms with Crippen LogP contribution in [0.3, 0.4) is 0 Å². The van der Waals surface area contributed by atoms with Crippen LogP contribution in [0.5, 0.6) is 0 Å². The third-order valence-corrected chi connectivity index (χ3v) is 10.4. The van der Waals surface area contributed by atoms with E-state index in [1.807, 2.05) is 0 Å². The fraction of sp³-hybridized carbons (Fsp3) is 0.867. The molecule has 10 nitrogen and oxygen atoms in total. The standard InChI is InChI=1S/C45H82O10/c1-3-5-7-9-11-13-15-17-19-21-23-25-27-29-31-33-40(47)52-36-38(37-53-45-44(51)43(50)42(49)39(35-46)55-45)54-41(48)34-32-30-28-26-24-22-20-18-16-14-12-10-8-6-4-2/h14,16,18,20,38-39,42-46,49-51H,3-13,15,17,19,21-37H2,1-2H3/b16-14+,20-18+/t38-,39-,42+,43?,44?,45-/m0/s1. The quantitative estimate of drug-likeness (QED) is 0.0273. The van der Waals surface area contributed by atoms with E-state index in [4.69, 9.17) is 18.9 Å². The summed E-state index contributed by atoms with van der Waals surface area (Å²) in [6.07, 6.45) is 31.8. The molecule has 55 heavy (non-hydrogen) atoms. The van der Waals surface area contributed by atoms with Gasteiger partial charge in [0.2, 0.25) is 0 Å². The second-order valence-corrected chi connectivity index (χ2v) is 15.5. The average molecular weight is 783 g/mol. The van der Waals surface area contributed by atoms with E-state index in [2.05, 4.69) is 38.2 Å². The normalized spacial score (nSPS) is 20.7. The molecule has 322 valence electrons. The summed E-state index contributed by atoms with van der Waals surface area (Å²) >= 11 is 0. The Morgan fingerprint density at radius 3 is 1.49 bits per heavy atom. The minimum atomic E-state index is -1.59. The average Bonchev–Trinajstić information content (AvgIpc) is 3.18. The number of carbonyl (C=O) groups excluding carboxylic acids is 2. The van der Waals surface area contributed by atoms with Crippen LogP contribution in [0.1, 0.15) is 194 Å². The van der Waals surface area contributed by atoms with E-state index in [9.17, 15) is 30.0 Å². The number of esters is 2. The zero-order valence-electron chi connectivity index (χ0n) is 34.9. The van der Waals surface area contributed by atoms with Gasteiger partial charge in [-0.2, -0.15) is 0 Å². The van der Waals surface area contributed by atoms with Gasteiger partial charge < -0.3 is 39.4 Å². The van der Waals surface area contributed by atoms with Crippen molar-refractivity contribution in [1.29, 1.82) is 0 Å². The highest BCUT2D eigenvalue weighted by Crippen LogP contribution is 2.23. The number of allylic oxidation sites excluding steroid dienone is 4. The molecule has 1 saturated heterocycles. The summed E-state index contributed by atoms with van der Waals surface area (Å²) in [6, 6.07) is 0. The number of ether oxygens (including phenoxy) is 4. The predicted octanol–water partition coefficient (Wildman–Crippen LogP) is 9.33. The molecule has 0 saturated carbocycles. The van der Waals surface area contributed by atoms with Crippen molar-refractivity contribution in [3.8, 4) is 0 Å². The highest BCUT2D eigenvalue weighted by atomic mass is 16.7. The smallest absolute Gasteiger partial charge is 0.306 e. The van der Waals surface area contributed by atoms with E-state index in [0.29, 0.717) is 6.42 Å². The summed E-state index contributed by atoms with van der Waals surface area (Å²) in [5.74, 6) is -0.817. The number of hydrogen-bond donors (Lipinski definition) is 4. The first kappa shape index (κ1) is 51.2. The van der Waals surface area contributed by atoms with Gasteiger partial charge in [0.1, 0.15) is 31.0 Å². The van der Waals surface area contributed by atoms with Gasteiger partial charge in [0.15, 0.2) is 12.4 Å². The SMILES string of the molecule is CCCCCC/C=C/C=C/CCCCCCCC(=O)O[C@@H](COC(=O)CCCCCCCCCCCCCCCCC)CO[C@H]1O[C@@H](CO)[C@@H](O)C(O)C1O. The molecule has 0 aromatic heterocycles. The van der Waals surface area contributed by atoms with Gasteiger partial charge in [-0.1, -0.05) is 167 Å². The lowest BCUT2D eigenvalue weighted by molar-refractivity contribution is -0.305. The fourth-order valence-electron chi connectivity index (χ4n) is 6.77. The number of hydrogen-bond acceptors (Lipinski definition) is 10. The van der Waals surface area contributed by atoms with E-state index in [-0.39, 0.29) is 32.0 Å². The molecule has 10 heteroatoms. The Labute approximate surface area is 334 Å². The first-order valence-corrected chi connectivity index (χ1v) is 22.4.